The van der Waals surface area contributed by atoms with Gasteiger partial charge in [0.15, 0.2) is 0 Å². The van der Waals surface area contributed by atoms with E-state index in [1.165, 1.54) is 24.0 Å². The zero-order valence-electron chi connectivity index (χ0n) is 15.5. The number of carbonyl (C=O) groups is 1. The average molecular weight is 336 g/mol. The molecule has 132 valence electrons. The summed E-state index contributed by atoms with van der Waals surface area (Å²) >= 11 is 0. The molecule has 0 N–H and O–H groups in total. The third-order valence-corrected chi connectivity index (χ3v) is 5.28. The Morgan fingerprint density at radius 1 is 1.16 bits per heavy atom. The van der Waals surface area contributed by atoms with E-state index in [1.807, 2.05) is 30.1 Å². The van der Waals surface area contributed by atoms with Gasteiger partial charge in [-0.05, 0) is 61.7 Å². The lowest BCUT2D eigenvalue weighted by Crippen LogP contribution is -2.39. The van der Waals surface area contributed by atoms with Crippen LogP contribution in [0.5, 0.6) is 0 Å². The van der Waals surface area contributed by atoms with E-state index in [4.69, 9.17) is 0 Å². The van der Waals surface area contributed by atoms with Crippen LogP contribution in [0.2, 0.25) is 0 Å². The molecule has 1 aliphatic rings. The number of rotatable bonds is 5. The third-order valence-electron chi connectivity index (χ3n) is 5.28. The Bertz CT molecular complexity index is 740. The molecule has 3 rings (SSSR count). The van der Waals surface area contributed by atoms with Gasteiger partial charge in [0.1, 0.15) is 0 Å². The number of carbonyl (C=O) groups excluding carboxylic acids is 1. The Balaban J connectivity index is 1.77. The maximum Gasteiger partial charge on any atom is 0.253 e. The second kappa shape index (κ2) is 7.83. The number of hydrogen-bond donors (Lipinski definition) is 0. The minimum absolute atomic E-state index is 0.105. The van der Waals surface area contributed by atoms with Gasteiger partial charge in [-0.2, -0.15) is 0 Å². The predicted molar refractivity (Wildman–Crippen MR) is 104 cm³/mol. The van der Waals surface area contributed by atoms with Crippen LogP contribution in [0.1, 0.15) is 35.7 Å². The molecule has 2 aromatic rings. The molecule has 1 heterocycles. The number of aryl methyl sites for hydroxylation is 1. The molecule has 1 unspecified atom stereocenters. The van der Waals surface area contributed by atoms with E-state index in [-0.39, 0.29) is 5.91 Å². The molecule has 1 saturated heterocycles. The van der Waals surface area contributed by atoms with E-state index in [2.05, 4.69) is 49.2 Å². The molecule has 0 bridgehead atoms. The minimum Gasteiger partial charge on any atom is -0.340 e. The van der Waals surface area contributed by atoms with Gasteiger partial charge < -0.3 is 9.80 Å². The van der Waals surface area contributed by atoms with E-state index in [0.29, 0.717) is 6.04 Å². The van der Waals surface area contributed by atoms with Crippen molar-refractivity contribution in [1.29, 1.82) is 0 Å². The third kappa shape index (κ3) is 4.10. The number of amides is 1. The fourth-order valence-electron chi connectivity index (χ4n) is 3.63. The summed E-state index contributed by atoms with van der Waals surface area (Å²) in [7, 11) is 4.07. The first-order chi connectivity index (χ1) is 12.1. The Labute approximate surface area is 151 Å². The molecule has 0 radical (unpaired) electrons. The number of hydrogen-bond acceptors (Lipinski definition) is 2. The molecule has 3 nitrogen and oxygen atoms in total. The van der Waals surface area contributed by atoms with Gasteiger partial charge in [0, 0.05) is 25.2 Å². The topological polar surface area (TPSA) is 23.6 Å². The lowest BCUT2D eigenvalue weighted by atomic mass is 10.00. The van der Waals surface area contributed by atoms with Crippen LogP contribution in [0.4, 0.5) is 0 Å². The Hall–Kier alpha value is -2.13. The molecule has 0 aromatic heterocycles. The largest absolute Gasteiger partial charge is 0.340 e. The van der Waals surface area contributed by atoms with Crippen molar-refractivity contribution in [3.63, 3.8) is 0 Å². The zero-order valence-corrected chi connectivity index (χ0v) is 15.5. The minimum atomic E-state index is 0.105. The van der Waals surface area contributed by atoms with Crippen molar-refractivity contribution >= 4 is 5.91 Å². The molecule has 2 aromatic carbocycles. The van der Waals surface area contributed by atoms with Crippen LogP contribution in [-0.2, 0) is 6.42 Å². The van der Waals surface area contributed by atoms with Crippen molar-refractivity contribution in [2.24, 2.45) is 0 Å². The highest BCUT2D eigenvalue weighted by Crippen LogP contribution is 2.23. The van der Waals surface area contributed by atoms with Crippen molar-refractivity contribution in [2.75, 3.05) is 27.2 Å². The number of likely N-dealkylation sites (N-methyl/N-ethyl adjacent to an activating group) is 2. The first kappa shape index (κ1) is 17.7. The Kier molecular flexibility index (Phi) is 5.54. The first-order valence-electron chi connectivity index (χ1n) is 9.23. The summed E-state index contributed by atoms with van der Waals surface area (Å²) in [5.74, 6) is 0.105. The smallest absolute Gasteiger partial charge is 0.253 e. The van der Waals surface area contributed by atoms with Crippen molar-refractivity contribution < 1.29 is 4.79 Å². The number of benzene rings is 2. The van der Waals surface area contributed by atoms with Crippen LogP contribution in [0.15, 0.2) is 48.5 Å². The molecule has 25 heavy (non-hydrogen) atoms. The second-order valence-corrected chi connectivity index (χ2v) is 7.10. The van der Waals surface area contributed by atoms with E-state index in [1.54, 1.807) is 0 Å². The molecule has 0 spiro atoms. The summed E-state index contributed by atoms with van der Waals surface area (Å²) in [4.78, 5) is 17.1. The maximum atomic E-state index is 12.9. The molecule has 3 heteroatoms. The molecule has 1 amide bonds. The van der Waals surface area contributed by atoms with Crippen LogP contribution < -0.4 is 0 Å². The molecular weight excluding hydrogens is 308 g/mol. The summed E-state index contributed by atoms with van der Waals surface area (Å²) in [5, 5.41) is 0. The first-order valence-corrected chi connectivity index (χ1v) is 9.23. The average Bonchev–Trinajstić information content (AvgIpc) is 3.05. The van der Waals surface area contributed by atoms with Crippen LogP contribution in [0, 0.1) is 0 Å². The Morgan fingerprint density at radius 3 is 2.56 bits per heavy atom. The van der Waals surface area contributed by atoms with Gasteiger partial charge in [0.05, 0.1) is 0 Å². The predicted octanol–water partition coefficient (Wildman–Crippen LogP) is 4.08. The highest BCUT2D eigenvalue weighted by Gasteiger charge is 2.24. The number of nitrogens with zero attached hydrogens (tertiary/aromatic N) is 2. The van der Waals surface area contributed by atoms with E-state index >= 15 is 0 Å². The highest BCUT2D eigenvalue weighted by atomic mass is 16.2. The zero-order chi connectivity index (χ0) is 17.8. The van der Waals surface area contributed by atoms with Gasteiger partial charge in [0.25, 0.3) is 5.91 Å². The van der Waals surface area contributed by atoms with Crippen molar-refractivity contribution in [3.05, 3.63) is 59.7 Å². The molecule has 1 fully saturated rings. The van der Waals surface area contributed by atoms with Crippen LogP contribution >= 0.6 is 0 Å². The van der Waals surface area contributed by atoms with Gasteiger partial charge in [-0.15, -0.1) is 0 Å². The fraction of sp³-hybridized carbons (Fsp3) is 0.409. The lowest BCUT2D eigenvalue weighted by Gasteiger charge is -2.26. The van der Waals surface area contributed by atoms with E-state index < -0.39 is 0 Å². The van der Waals surface area contributed by atoms with Crippen LogP contribution in [0.25, 0.3) is 11.1 Å². The molecule has 0 aliphatic carbocycles. The summed E-state index contributed by atoms with van der Waals surface area (Å²) in [6.45, 7) is 4.09. The molecule has 1 atom stereocenters. The summed E-state index contributed by atoms with van der Waals surface area (Å²) < 4.78 is 0. The monoisotopic (exact) mass is 336 g/mol. The quantitative estimate of drug-likeness (QED) is 0.821. The van der Waals surface area contributed by atoms with Crippen molar-refractivity contribution in [2.45, 2.75) is 32.2 Å². The summed E-state index contributed by atoms with van der Waals surface area (Å²) in [5.41, 5.74) is 4.36. The van der Waals surface area contributed by atoms with E-state index in [0.717, 1.165) is 30.6 Å². The lowest BCUT2D eigenvalue weighted by molar-refractivity contribution is 0.0761. The number of likely N-dealkylation sites (tertiary alicyclic amines) is 1. The van der Waals surface area contributed by atoms with Gasteiger partial charge in [-0.3, -0.25) is 4.79 Å². The van der Waals surface area contributed by atoms with Gasteiger partial charge in [-0.1, -0.05) is 43.3 Å². The van der Waals surface area contributed by atoms with Crippen molar-refractivity contribution in [1.82, 2.24) is 9.80 Å². The van der Waals surface area contributed by atoms with Gasteiger partial charge in [-0.25, -0.2) is 0 Å². The SMILES string of the molecule is CCc1cccc(-c2cccc(C(=O)N(C)CC3CCCN3C)c2)c1. The summed E-state index contributed by atoms with van der Waals surface area (Å²) in [6.07, 6.45) is 3.43. The Morgan fingerprint density at radius 2 is 1.88 bits per heavy atom. The normalized spacial score (nSPS) is 17.6. The molecule has 1 aliphatic heterocycles. The molecule has 0 saturated carbocycles. The molecular formula is C22H28N2O. The van der Waals surface area contributed by atoms with Crippen LogP contribution in [-0.4, -0.2) is 48.9 Å². The second-order valence-electron chi connectivity index (χ2n) is 7.10. The van der Waals surface area contributed by atoms with Crippen molar-refractivity contribution in [3.8, 4) is 11.1 Å². The standard InChI is InChI=1S/C22H28N2O/c1-4-17-8-5-9-18(14-17)19-10-6-11-20(15-19)22(25)24(3)16-21-12-7-13-23(21)2/h5-6,8-11,14-15,21H,4,7,12-13,16H2,1-3H3. The van der Waals surface area contributed by atoms with E-state index in [9.17, 15) is 4.79 Å². The fourth-order valence-corrected chi connectivity index (χ4v) is 3.63. The highest BCUT2D eigenvalue weighted by molar-refractivity contribution is 5.95. The van der Waals surface area contributed by atoms with Gasteiger partial charge in [0.2, 0.25) is 0 Å². The summed E-state index contributed by atoms with van der Waals surface area (Å²) in [6, 6.07) is 17.0. The van der Waals surface area contributed by atoms with Gasteiger partial charge >= 0.3 is 0 Å². The van der Waals surface area contributed by atoms with Crippen LogP contribution in [0.3, 0.4) is 0 Å². The maximum absolute atomic E-state index is 12.9.